The molecule has 0 atom stereocenters. The Morgan fingerprint density at radius 2 is 2.31 bits per heavy atom. The zero-order valence-corrected chi connectivity index (χ0v) is 9.26. The van der Waals surface area contributed by atoms with Gasteiger partial charge in [-0.25, -0.2) is 0 Å². The maximum atomic E-state index is 3.99. The molecule has 0 spiro atoms. The summed E-state index contributed by atoms with van der Waals surface area (Å²) in [5, 5.41) is 6.54. The highest BCUT2D eigenvalue weighted by Crippen LogP contribution is 2.19. The maximum absolute atomic E-state index is 3.99. The lowest BCUT2D eigenvalue weighted by molar-refractivity contribution is 0.739. The molecule has 0 saturated heterocycles. The van der Waals surface area contributed by atoms with Crippen LogP contribution < -0.4 is 10.6 Å². The van der Waals surface area contributed by atoms with E-state index in [1.54, 1.807) is 12.4 Å². The van der Waals surface area contributed by atoms with E-state index >= 15 is 0 Å². The zero-order valence-electron chi connectivity index (χ0n) is 7.68. The van der Waals surface area contributed by atoms with E-state index in [1.807, 2.05) is 6.07 Å². The minimum Gasteiger partial charge on any atom is -0.383 e. The van der Waals surface area contributed by atoms with Crippen molar-refractivity contribution in [1.82, 2.24) is 10.3 Å². The minimum absolute atomic E-state index is 0.927. The fourth-order valence-electron chi connectivity index (χ4n) is 0.981. The number of nitrogens with one attached hydrogen (secondary N) is 2. The van der Waals surface area contributed by atoms with Gasteiger partial charge in [-0.15, -0.1) is 0 Å². The molecule has 0 aliphatic carbocycles. The van der Waals surface area contributed by atoms with Crippen LogP contribution in [-0.2, 0) is 0 Å². The van der Waals surface area contributed by atoms with E-state index in [9.17, 15) is 0 Å². The van der Waals surface area contributed by atoms with E-state index in [-0.39, 0.29) is 0 Å². The summed E-state index contributed by atoms with van der Waals surface area (Å²) in [6.07, 6.45) is 3.57. The first-order valence-corrected chi connectivity index (χ1v) is 5.18. The summed E-state index contributed by atoms with van der Waals surface area (Å²) in [5.41, 5.74) is 1.09. The van der Waals surface area contributed by atoms with Crippen molar-refractivity contribution in [3.63, 3.8) is 0 Å². The summed E-state index contributed by atoms with van der Waals surface area (Å²) in [6.45, 7) is 5.02. The predicted molar refractivity (Wildman–Crippen MR) is 59.0 cm³/mol. The monoisotopic (exact) mass is 243 g/mol. The highest BCUT2D eigenvalue weighted by molar-refractivity contribution is 9.10. The molecule has 2 N–H and O–H groups in total. The summed E-state index contributed by atoms with van der Waals surface area (Å²) in [5.74, 6) is 0. The number of halogens is 1. The van der Waals surface area contributed by atoms with Gasteiger partial charge in [0.05, 0.1) is 10.2 Å². The van der Waals surface area contributed by atoms with Crippen molar-refractivity contribution in [1.29, 1.82) is 0 Å². The van der Waals surface area contributed by atoms with Gasteiger partial charge in [-0.2, -0.15) is 0 Å². The second-order valence-corrected chi connectivity index (χ2v) is 3.49. The highest BCUT2D eigenvalue weighted by Gasteiger charge is 1.95. The Morgan fingerprint density at radius 3 is 3.00 bits per heavy atom. The van der Waals surface area contributed by atoms with Crippen LogP contribution in [-0.4, -0.2) is 24.6 Å². The summed E-state index contributed by atoms with van der Waals surface area (Å²) >= 11 is 3.42. The van der Waals surface area contributed by atoms with Crippen molar-refractivity contribution in [2.45, 2.75) is 6.92 Å². The molecule has 1 rings (SSSR count). The summed E-state index contributed by atoms with van der Waals surface area (Å²) in [4.78, 5) is 3.99. The van der Waals surface area contributed by atoms with Gasteiger partial charge in [0.2, 0.25) is 0 Å². The van der Waals surface area contributed by atoms with E-state index < -0.39 is 0 Å². The molecule has 0 radical (unpaired) electrons. The molecule has 0 saturated carbocycles. The number of nitrogens with zero attached hydrogens (tertiary/aromatic N) is 1. The number of rotatable bonds is 5. The minimum atomic E-state index is 0.927. The Kier molecular flexibility index (Phi) is 4.78. The molecule has 1 heterocycles. The predicted octanol–water partition coefficient (Wildman–Crippen LogP) is 1.87. The average molecular weight is 244 g/mol. The Morgan fingerprint density at radius 1 is 1.46 bits per heavy atom. The van der Waals surface area contributed by atoms with E-state index in [2.05, 4.69) is 38.5 Å². The third-order valence-electron chi connectivity index (χ3n) is 1.64. The van der Waals surface area contributed by atoms with Gasteiger partial charge in [0.25, 0.3) is 0 Å². The second-order valence-electron chi connectivity index (χ2n) is 2.64. The molecule has 0 unspecified atom stereocenters. The van der Waals surface area contributed by atoms with Crippen LogP contribution in [0.25, 0.3) is 0 Å². The number of anilines is 1. The van der Waals surface area contributed by atoms with Gasteiger partial charge in [0.1, 0.15) is 0 Å². The molecular weight excluding hydrogens is 230 g/mol. The molecule has 0 fully saturated rings. The van der Waals surface area contributed by atoms with Crippen LogP contribution in [0.1, 0.15) is 6.92 Å². The highest BCUT2D eigenvalue weighted by atomic mass is 79.9. The fraction of sp³-hybridized carbons (Fsp3) is 0.444. The van der Waals surface area contributed by atoms with E-state index in [1.165, 1.54) is 0 Å². The van der Waals surface area contributed by atoms with Crippen molar-refractivity contribution < 1.29 is 0 Å². The number of aromatic nitrogens is 1. The number of hydrogen-bond acceptors (Lipinski definition) is 3. The molecule has 3 nitrogen and oxygen atoms in total. The van der Waals surface area contributed by atoms with E-state index in [0.29, 0.717) is 0 Å². The molecule has 0 aliphatic rings. The van der Waals surface area contributed by atoms with Gasteiger partial charge >= 0.3 is 0 Å². The van der Waals surface area contributed by atoms with Crippen molar-refractivity contribution in [2.24, 2.45) is 0 Å². The molecule has 4 heteroatoms. The number of likely N-dealkylation sites (N-methyl/N-ethyl adjacent to an activating group) is 1. The topological polar surface area (TPSA) is 37.0 Å². The Bertz CT molecular complexity index is 252. The van der Waals surface area contributed by atoms with Gasteiger partial charge in [-0.05, 0) is 28.5 Å². The SMILES string of the molecule is CCNCCNc1ccncc1Br. The van der Waals surface area contributed by atoms with Gasteiger partial charge in [0.15, 0.2) is 0 Å². The van der Waals surface area contributed by atoms with Crippen LogP contribution in [0.2, 0.25) is 0 Å². The van der Waals surface area contributed by atoms with Crippen molar-refractivity contribution >= 4 is 21.6 Å². The van der Waals surface area contributed by atoms with E-state index in [4.69, 9.17) is 0 Å². The van der Waals surface area contributed by atoms with Crippen LogP contribution in [0.3, 0.4) is 0 Å². The molecular formula is C9H14BrN3. The molecule has 1 aromatic heterocycles. The number of hydrogen-bond donors (Lipinski definition) is 2. The lowest BCUT2D eigenvalue weighted by Gasteiger charge is -2.07. The molecule has 1 aromatic rings. The van der Waals surface area contributed by atoms with Crippen LogP contribution in [0, 0.1) is 0 Å². The third-order valence-corrected chi connectivity index (χ3v) is 2.27. The lowest BCUT2D eigenvalue weighted by Crippen LogP contribution is -2.21. The Balaban J connectivity index is 2.32. The quantitative estimate of drug-likeness (QED) is 0.776. The average Bonchev–Trinajstić information content (AvgIpc) is 2.15. The second kappa shape index (κ2) is 5.94. The van der Waals surface area contributed by atoms with Crippen molar-refractivity contribution in [3.8, 4) is 0 Å². The van der Waals surface area contributed by atoms with Crippen LogP contribution in [0.5, 0.6) is 0 Å². The maximum Gasteiger partial charge on any atom is 0.0590 e. The smallest absolute Gasteiger partial charge is 0.0590 e. The fourth-order valence-corrected chi connectivity index (χ4v) is 1.37. The molecule has 0 aliphatic heterocycles. The normalized spacial score (nSPS) is 10.0. The van der Waals surface area contributed by atoms with Crippen LogP contribution >= 0.6 is 15.9 Å². The van der Waals surface area contributed by atoms with Crippen molar-refractivity contribution in [3.05, 3.63) is 22.9 Å². The Hall–Kier alpha value is -0.610. The van der Waals surface area contributed by atoms with Crippen LogP contribution in [0.4, 0.5) is 5.69 Å². The molecule has 0 aromatic carbocycles. The standard InChI is InChI=1S/C9H14BrN3/c1-2-11-5-6-13-9-3-4-12-7-8(9)10/h3-4,7,11H,2,5-6H2,1H3,(H,12,13). The number of pyridine rings is 1. The zero-order chi connectivity index (χ0) is 9.52. The molecule has 0 amide bonds. The summed E-state index contributed by atoms with van der Waals surface area (Å²) in [6, 6.07) is 1.95. The lowest BCUT2D eigenvalue weighted by atomic mass is 10.4. The molecule has 0 bridgehead atoms. The first-order valence-electron chi connectivity index (χ1n) is 4.38. The van der Waals surface area contributed by atoms with E-state index in [0.717, 1.165) is 29.8 Å². The summed E-state index contributed by atoms with van der Waals surface area (Å²) < 4.78 is 1.01. The molecule has 13 heavy (non-hydrogen) atoms. The first-order chi connectivity index (χ1) is 6.34. The molecule has 72 valence electrons. The first kappa shape index (κ1) is 10.5. The third kappa shape index (κ3) is 3.74. The van der Waals surface area contributed by atoms with Gasteiger partial charge < -0.3 is 10.6 Å². The largest absolute Gasteiger partial charge is 0.383 e. The Labute approximate surface area is 87.1 Å². The van der Waals surface area contributed by atoms with Gasteiger partial charge in [-0.1, -0.05) is 6.92 Å². The van der Waals surface area contributed by atoms with Gasteiger partial charge in [0, 0.05) is 25.5 Å². The van der Waals surface area contributed by atoms with Crippen LogP contribution in [0.15, 0.2) is 22.9 Å². The van der Waals surface area contributed by atoms with Gasteiger partial charge in [-0.3, -0.25) is 4.98 Å². The summed E-state index contributed by atoms with van der Waals surface area (Å²) in [7, 11) is 0. The van der Waals surface area contributed by atoms with Crippen molar-refractivity contribution in [2.75, 3.05) is 25.0 Å².